The van der Waals surface area contributed by atoms with Crippen LogP contribution in [0.2, 0.25) is 0 Å². The van der Waals surface area contributed by atoms with E-state index >= 15 is 0 Å². The highest BCUT2D eigenvalue weighted by Crippen LogP contribution is 2.33. The Kier molecular flexibility index (Phi) is 3.78. The van der Waals surface area contributed by atoms with Crippen LogP contribution in [-0.2, 0) is 4.74 Å². The van der Waals surface area contributed by atoms with E-state index in [-0.39, 0.29) is 18.4 Å². The molecule has 0 radical (unpaired) electrons. The van der Waals surface area contributed by atoms with Crippen LogP contribution in [0.25, 0.3) is 5.57 Å². The van der Waals surface area contributed by atoms with Gasteiger partial charge in [-0.15, -0.1) is 0 Å². The second-order valence-electron chi connectivity index (χ2n) is 4.38. The minimum Gasteiger partial charge on any atom is -0.497 e. The lowest BCUT2D eigenvalue weighted by Crippen LogP contribution is -2.23. The second kappa shape index (κ2) is 5.19. The Bertz CT molecular complexity index is 492. The average Bonchev–Trinajstić information content (AvgIpc) is 2.28. The first-order chi connectivity index (χ1) is 8.85. The van der Waals surface area contributed by atoms with Crippen LogP contribution in [0.15, 0.2) is 24.5 Å². The van der Waals surface area contributed by atoms with Crippen molar-refractivity contribution in [2.24, 2.45) is 0 Å². The maximum Gasteiger partial charge on any atom is 0.392 e. The predicted octanol–water partition coefficient (Wildman–Crippen LogP) is 4.44. The summed E-state index contributed by atoms with van der Waals surface area (Å²) in [5.41, 5.74) is 0.600. The Balaban J connectivity index is 2.08. The summed E-state index contributed by atoms with van der Waals surface area (Å²) < 4.78 is 67.7. The van der Waals surface area contributed by atoms with Crippen LogP contribution in [0.5, 0.6) is 0 Å². The van der Waals surface area contributed by atoms with Crippen LogP contribution < -0.4 is 0 Å². The van der Waals surface area contributed by atoms with Gasteiger partial charge in [-0.1, -0.05) is 0 Å². The van der Waals surface area contributed by atoms with Crippen molar-refractivity contribution >= 4 is 5.57 Å². The highest BCUT2D eigenvalue weighted by Gasteiger charge is 2.33. The summed E-state index contributed by atoms with van der Waals surface area (Å²) in [6.07, 6.45) is -4.69. The SMILES string of the molecule is Fc1ccc(C2=CO[C@H](CC(F)(F)F)CC2)c(F)c1. The fraction of sp³-hybridized carbons (Fsp3) is 0.385. The Morgan fingerprint density at radius 3 is 2.47 bits per heavy atom. The van der Waals surface area contributed by atoms with E-state index in [0.717, 1.165) is 18.4 Å². The van der Waals surface area contributed by atoms with Crippen LogP contribution in [0.4, 0.5) is 22.0 Å². The zero-order valence-electron chi connectivity index (χ0n) is 9.81. The molecule has 19 heavy (non-hydrogen) atoms. The van der Waals surface area contributed by atoms with Gasteiger partial charge < -0.3 is 4.74 Å². The van der Waals surface area contributed by atoms with Gasteiger partial charge in [0.2, 0.25) is 0 Å². The normalized spacial score (nSPS) is 19.8. The van der Waals surface area contributed by atoms with Gasteiger partial charge in [0.1, 0.15) is 17.7 Å². The van der Waals surface area contributed by atoms with Crippen LogP contribution in [0.3, 0.4) is 0 Å². The molecule has 0 saturated carbocycles. The Labute approximate surface area is 106 Å². The molecular formula is C13H11F5O. The topological polar surface area (TPSA) is 9.23 Å². The van der Waals surface area contributed by atoms with Gasteiger partial charge in [0.05, 0.1) is 12.7 Å². The molecule has 0 aliphatic carbocycles. The minimum absolute atomic E-state index is 0.155. The summed E-state index contributed by atoms with van der Waals surface area (Å²) in [7, 11) is 0. The third kappa shape index (κ3) is 3.68. The van der Waals surface area contributed by atoms with Crippen molar-refractivity contribution in [2.75, 3.05) is 0 Å². The van der Waals surface area contributed by atoms with Crippen molar-refractivity contribution in [3.8, 4) is 0 Å². The molecule has 1 nitrogen and oxygen atoms in total. The Hall–Kier alpha value is -1.59. The van der Waals surface area contributed by atoms with Gasteiger partial charge in [-0.2, -0.15) is 13.2 Å². The van der Waals surface area contributed by atoms with Crippen molar-refractivity contribution in [3.63, 3.8) is 0 Å². The molecule has 0 saturated heterocycles. The van der Waals surface area contributed by atoms with Crippen LogP contribution in [-0.4, -0.2) is 12.3 Å². The van der Waals surface area contributed by atoms with Gasteiger partial charge in [-0.05, 0) is 30.5 Å². The highest BCUT2D eigenvalue weighted by atomic mass is 19.4. The summed E-state index contributed by atoms with van der Waals surface area (Å²) in [4.78, 5) is 0. The monoisotopic (exact) mass is 278 g/mol. The third-order valence-electron chi connectivity index (χ3n) is 2.87. The van der Waals surface area contributed by atoms with Gasteiger partial charge in [0.15, 0.2) is 0 Å². The van der Waals surface area contributed by atoms with E-state index in [1.54, 1.807) is 0 Å². The summed E-state index contributed by atoms with van der Waals surface area (Å²) in [6.45, 7) is 0. The number of benzene rings is 1. The van der Waals surface area contributed by atoms with Crippen molar-refractivity contribution in [2.45, 2.75) is 31.5 Å². The molecule has 1 atom stereocenters. The molecule has 1 aromatic rings. The van der Waals surface area contributed by atoms with Gasteiger partial charge in [-0.3, -0.25) is 0 Å². The standard InChI is InChI=1S/C13H11F5O/c14-9-2-4-11(12(15)5-9)8-1-3-10(19-7-8)6-13(16,17)18/h2,4-5,7,10H,1,3,6H2/t10-/m0/s1. The quantitative estimate of drug-likeness (QED) is 0.727. The molecule has 6 heteroatoms. The summed E-state index contributed by atoms with van der Waals surface area (Å²) in [6, 6.07) is 3.09. The van der Waals surface area contributed by atoms with E-state index in [9.17, 15) is 22.0 Å². The van der Waals surface area contributed by atoms with E-state index in [1.165, 1.54) is 6.07 Å². The number of halogens is 5. The molecular weight excluding hydrogens is 267 g/mol. The lowest BCUT2D eigenvalue weighted by molar-refractivity contribution is -0.155. The maximum atomic E-state index is 13.5. The predicted molar refractivity (Wildman–Crippen MR) is 59.1 cm³/mol. The van der Waals surface area contributed by atoms with Crippen molar-refractivity contribution in [1.82, 2.24) is 0 Å². The fourth-order valence-electron chi connectivity index (χ4n) is 1.98. The maximum absolute atomic E-state index is 13.5. The van der Waals surface area contributed by atoms with E-state index in [2.05, 4.69) is 0 Å². The second-order valence-corrected chi connectivity index (χ2v) is 4.38. The summed E-state index contributed by atoms with van der Waals surface area (Å²) in [5.74, 6) is -1.45. The van der Waals surface area contributed by atoms with Gasteiger partial charge in [0, 0.05) is 11.6 Å². The number of hydrogen-bond donors (Lipinski definition) is 0. The third-order valence-corrected chi connectivity index (χ3v) is 2.87. The lowest BCUT2D eigenvalue weighted by atomic mass is 9.97. The van der Waals surface area contributed by atoms with E-state index in [1.807, 2.05) is 0 Å². The van der Waals surface area contributed by atoms with E-state index in [4.69, 9.17) is 4.74 Å². The Morgan fingerprint density at radius 2 is 1.95 bits per heavy atom. The number of alkyl halides is 3. The number of allylic oxidation sites excluding steroid dienone is 1. The molecule has 0 bridgehead atoms. The first-order valence-corrected chi connectivity index (χ1v) is 5.72. The van der Waals surface area contributed by atoms with E-state index in [0.29, 0.717) is 5.57 Å². The molecule has 0 unspecified atom stereocenters. The zero-order valence-corrected chi connectivity index (χ0v) is 9.81. The molecule has 2 rings (SSSR count). The highest BCUT2D eigenvalue weighted by molar-refractivity contribution is 5.65. The lowest BCUT2D eigenvalue weighted by Gasteiger charge is -2.24. The number of rotatable bonds is 2. The Morgan fingerprint density at radius 1 is 1.21 bits per heavy atom. The molecule has 0 N–H and O–H groups in total. The molecule has 1 aromatic carbocycles. The first kappa shape index (κ1) is 13.8. The molecule has 0 amide bonds. The van der Waals surface area contributed by atoms with Crippen LogP contribution in [0, 0.1) is 11.6 Å². The molecule has 0 spiro atoms. The van der Waals surface area contributed by atoms with Gasteiger partial charge >= 0.3 is 6.18 Å². The van der Waals surface area contributed by atoms with E-state index < -0.39 is 30.3 Å². The molecule has 0 fully saturated rings. The molecule has 0 aromatic heterocycles. The average molecular weight is 278 g/mol. The first-order valence-electron chi connectivity index (χ1n) is 5.72. The van der Waals surface area contributed by atoms with Crippen molar-refractivity contribution < 1.29 is 26.7 Å². The molecule has 1 aliphatic heterocycles. The van der Waals surface area contributed by atoms with Gasteiger partial charge in [0.25, 0.3) is 0 Å². The van der Waals surface area contributed by atoms with Crippen molar-refractivity contribution in [3.05, 3.63) is 41.7 Å². The smallest absolute Gasteiger partial charge is 0.392 e. The van der Waals surface area contributed by atoms with Gasteiger partial charge in [-0.25, -0.2) is 8.78 Å². The summed E-state index contributed by atoms with van der Waals surface area (Å²) in [5, 5.41) is 0. The largest absolute Gasteiger partial charge is 0.497 e. The molecule has 104 valence electrons. The number of hydrogen-bond acceptors (Lipinski definition) is 1. The fourth-order valence-corrected chi connectivity index (χ4v) is 1.98. The van der Waals surface area contributed by atoms with Crippen molar-refractivity contribution in [1.29, 1.82) is 0 Å². The van der Waals surface area contributed by atoms with Crippen LogP contribution in [0.1, 0.15) is 24.8 Å². The summed E-state index contributed by atoms with van der Waals surface area (Å²) >= 11 is 0. The molecule has 1 heterocycles. The van der Waals surface area contributed by atoms with Crippen LogP contribution >= 0.6 is 0 Å². The minimum atomic E-state index is -4.28. The number of ether oxygens (including phenoxy) is 1. The molecule has 1 aliphatic rings. The zero-order chi connectivity index (χ0) is 14.0.